The minimum absolute atomic E-state index is 0.0158. The third kappa shape index (κ3) is 3.22. The SMILES string of the molecule is N=C(N)c1ccnc(OCC(F)(F)C(F)F)c1Cl. The lowest BCUT2D eigenvalue weighted by molar-refractivity contribution is -0.148. The summed E-state index contributed by atoms with van der Waals surface area (Å²) >= 11 is 5.67. The minimum atomic E-state index is -4.31. The second-order valence-corrected chi connectivity index (χ2v) is 3.62. The summed E-state index contributed by atoms with van der Waals surface area (Å²) in [5, 5.41) is 6.86. The van der Waals surface area contributed by atoms with Crippen molar-refractivity contribution in [3.8, 4) is 5.88 Å². The Morgan fingerprint density at radius 1 is 1.56 bits per heavy atom. The van der Waals surface area contributed by atoms with Crippen molar-refractivity contribution in [3.63, 3.8) is 0 Å². The van der Waals surface area contributed by atoms with Gasteiger partial charge in [0.2, 0.25) is 5.88 Å². The van der Waals surface area contributed by atoms with Crippen molar-refractivity contribution in [2.24, 2.45) is 5.73 Å². The van der Waals surface area contributed by atoms with Crippen LogP contribution in [0.5, 0.6) is 5.88 Å². The highest BCUT2D eigenvalue weighted by molar-refractivity contribution is 6.35. The molecule has 0 radical (unpaired) electrons. The molecule has 4 nitrogen and oxygen atoms in total. The van der Waals surface area contributed by atoms with Crippen LogP contribution in [-0.4, -0.2) is 29.8 Å². The van der Waals surface area contributed by atoms with Crippen LogP contribution in [0, 0.1) is 5.41 Å². The molecule has 100 valence electrons. The van der Waals surface area contributed by atoms with Gasteiger partial charge in [-0.1, -0.05) is 11.6 Å². The van der Waals surface area contributed by atoms with Crippen molar-refractivity contribution in [2.75, 3.05) is 6.61 Å². The first-order valence-corrected chi connectivity index (χ1v) is 4.91. The van der Waals surface area contributed by atoms with E-state index in [0.29, 0.717) is 0 Å². The van der Waals surface area contributed by atoms with E-state index in [1.165, 1.54) is 6.07 Å². The van der Waals surface area contributed by atoms with E-state index in [0.717, 1.165) is 6.20 Å². The lowest BCUT2D eigenvalue weighted by atomic mass is 10.2. The number of halogens is 5. The van der Waals surface area contributed by atoms with Gasteiger partial charge in [-0.3, -0.25) is 5.41 Å². The van der Waals surface area contributed by atoms with Gasteiger partial charge in [0.15, 0.2) is 6.61 Å². The molecule has 0 fully saturated rings. The van der Waals surface area contributed by atoms with Gasteiger partial charge in [0.05, 0.1) is 0 Å². The van der Waals surface area contributed by atoms with Crippen molar-refractivity contribution in [1.29, 1.82) is 5.41 Å². The molecule has 0 bridgehead atoms. The zero-order valence-corrected chi connectivity index (χ0v) is 9.52. The zero-order chi connectivity index (χ0) is 13.9. The Labute approximate surface area is 104 Å². The minimum Gasteiger partial charge on any atom is -0.470 e. The maximum absolute atomic E-state index is 12.6. The average molecular weight is 286 g/mol. The van der Waals surface area contributed by atoms with E-state index >= 15 is 0 Å². The topological polar surface area (TPSA) is 72.0 Å². The maximum Gasteiger partial charge on any atom is 0.340 e. The standard InChI is InChI=1S/C9H8ClF4N3O/c10-5-4(6(15)16)1-2-17-7(5)18-3-9(13,14)8(11)12/h1-2,8H,3H2,(H3,15,16). The fourth-order valence-corrected chi connectivity index (χ4v) is 1.23. The van der Waals surface area contributed by atoms with Crippen LogP contribution < -0.4 is 10.5 Å². The van der Waals surface area contributed by atoms with Crippen molar-refractivity contribution >= 4 is 17.4 Å². The fourth-order valence-electron chi connectivity index (χ4n) is 0.961. The van der Waals surface area contributed by atoms with E-state index in [1.54, 1.807) is 0 Å². The summed E-state index contributed by atoms with van der Waals surface area (Å²) in [6.07, 6.45) is -2.74. The van der Waals surface area contributed by atoms with E-state index in [4.69, 9.17) is 22.7 Å². The molecule has 1 aromatic heterocycles. The molecule has 0 aliphatic heterocycles. The normalized spacial score (nSPS) is 11.7. The highest BCUT2D eigenvalue weighted by Gasteiger charge is 2.42. The second kappa shape index (κ2) is 5.38. The highest BCUT2D eigenvalue weighted by atomic mass is 35.5. The van der Waals surface area contributed by atoms with Crippen molar-refractivity contribution in [1.82, 2.24) is 4.98 Å². The van der Waals surface area contributed by atoms with Crippen molar-refractivity contribution in [2.45, 2.75) is 12.3 Å². The maximum atomic E-state index is 12.6. The molecular weight excluding hydrogens is 278 g/mol. The number of nitrogen functional groups attached to an aromatic ring is 1. The third-order valence-electron chi connectivity index (χ3n) is 1.87. The predicted octanol–water partition coefficient (Wildman–Crippen LogP) is 2.30. The molecule has 3 N–H and O–H groups in total. The first kappa shape index (κ1) is 14.5. The molecule has 0 atom stereocenters. The number of alkyl halides is 4. The van der Waals surface area contributed by atoms with E-state index in [1.807, 2.05) is 0 Å². The van der Waals surface area contributed by atoms with Crippen molar-refractivity contribution < 1.29 is 22.3 Å². The molecule has 18 heavy (non-hydrogen) atoms. The van der Waals surface area contributed by atoms with Crippen molar-refractivity contribution in [3.05, 3.63) is 22.8 Å². The van der Waals surface area contributed by atoms with Crippen LogP contribution in [0.15, 0.2) is 12.3 Å². The van der Waals surface area contributed by atoms with Gasteiger partial charge in [-0.2, -0.15) is 8.78 Å². The Balaban J connectivity index is 2.87. The summed E-state index contributed by atoms with van der Waals surface area (Å²) in [6, 6.07) is 1.27. The largest absolute Gasteiger partial charge is 0.470 e. The molecule has 1 aromatic rings. The molecule has 0 aromatic carbocycles. The molecule has 0 unspecified atom stereocenters. The number of nitrogens with one attached hydrogen (secondary N) is 1. The highest BCUT2D eigenvalue weighted by Crippen LogP contribution is 2.28. The van der Waals surface area contributed by atoms with Gasteiger partial charge in [0.25, 0.3) is 0 Å². The van der Waals surface area contributed by atoms with Crippen LogP contribution in [0.2, 0.25) is 5.02 Å². The lowest BCUT2D eigenvalue weighted by Crippen LogP contribution is -2.34. The summed E-state index contributed by atoms with van der Waals surface area (Å²) in [7, 11) is 0. The second-order valence-electron chi connectivity index (χ2n) is 3.24. The molecule has 1 heterocycles. The molecule has 1 rings (SSSR count). The Kier molecular flexibility index (Phi) is 4.33. The number of hydrogen-bond acceptors (Lipinski definition) is 3. The van der Waals surface area contributed by atoms with E-state index in [9.17, 15) is 17.6 Å². The van der Waals surface area contributed by atoms with Crippen LogP contribution in [0.3, 0.4) is 0 Å². The summed E-state index contributed by atoms with van der Waals surface area (Å²) in [4.78, 5) is 3.50. The monoisotopic (exact) mass is 285 g/mol. The molecular formula is C9H8ClF4N3O. The van der Waals surface area contributed by atoms with Gasteiger partial charge >= 0.3 is 12.3 Å². The molecule has 0 aliphatic rings. The van der Waals surface area contributed by atoms with Crippen LogP contribution >= 0.6 is 11.6 Å². The summed E-state index contributed by atoms with van der Waals surface area (Å²) in [5.74, 6) is -5.21. The molecule has 9 heteroatoms. The molecule has 0 spiro atoms. The van der Waals surface area contributed by atoms with Crippen LogP contribution in [0.4, 0.5) is 17.6 Å². The van der Waals surface area contributed by atoms with Gasteiger partial charge in [0, 0.05) is 11.8 Å². The van der Waals surface area contributed by atoms with Gasteiger partial charge in [0.1, 0.15) is 10.9 Å². The quantitative estimate of drug-likeness (QED) is 0.495. The average Bonchev–Trinajstić information content (AvgIpc) is 2.27. The van der Waals surface area contributed by atoms with E-state index in [2.05, 4.69) is 9.72 Å². The van der Waals surface area contributed by atoms with Crippen LogP contribution in [-0.2, 0) is 0 Å². The third-order valence-corrected chi connectivity index (χ3v) is 2.23. The Morgan fingerprint density at radius 3 is 2.67 bits per heavy atom. The predicted molar refractivity (Wildman–Crippen MR) is 56.7 cm³/mol. The number of aromatic nitrogens is 1. The number of rotatable bonds is 5. The van der Waals surface area contributed by atoms with Gasteiger partial charge in [-0.15, -0.1) is 0 Å². The van der Waals surface area contributed by atoms with Crippen LogP contribution in [0.1, 0.15) is 5.56 Å². The first-order valence-electron chi connectivity index (χ1n) is 4.53. The molecule has 0 saturated carbocycles. The number of ether oxygens (including phenoxy) is 1. The molecule has 0 saturated heterocycles. The number of nitrogens with zero attached hydrogens (tertiary/aromatic N) is 1. The van der Waals surface area contributed by atoms with Gasteiger partial charge in [-0.25, -0.2) is 13.8 Å². The first-order chi connectivity index (χ1) is 8.25. The fraction of sp³-hybridized carbons (Fsp3) is 0.333. The molecule has 0 aliphatic carbocycles. The Bertz CT molecular complexity index is 455. The Morgan fingerprint density at radius 2 is 2.17 bits per heavy atom. The number of nitrogens with two attached hydrogens (primary N) is 1. The number of pyridine rings is 1. The summed E-state index contributed by atoms with van der Waals surface area (Å²) in [5.41, 5.74) is 5.18. The summed E-state index contributed by atoms with van der Waals surface area (Å²) in [6.45, 7) is -1.57. The Hall–Kier alpha value is -1.57. The zero-order valence-electron chi connectivity index (χ0n) is 8.76. The van der Waals surface area contributed by atoms with E-state index in [-0.39, 0.29) is 10.6 Å². The van der Waals surface area contributed by atoms with Crippen LogP contribution in [0.25, 0.3) is 0 Å². The van der Waals surface area contributed by atoms with E-state index < -0.39 is 30.7 Å². The van der Waals surface area contributed by atoms with Gasteiger partial charge < -0.3 is 10.5 Å². The lowest BCUT2D eigenvalue weighted by Gasteiger charge is -2.16. The molecule has 0 amide bonds. The summed E-state index contributed by atoms with van der Waals surface area (Å²) < 4.78 is 53.4. The number of amidine groups is 1. The number of hydrogen-bond donors (Lipinski definition) is 2. The van der Waals surface area contributed by atoms with Gasteiger partial charge in [-0.05, 0) is 6.07 Å². The smallest absolute Gasteiger partial charge is 0.340 e.